The highest BCUT2D eigenvalue weighted by Gasteiger charge is 2.44. The Morgan fingerprint density at radius 2 is 1.92 bits per heavy atom. The quantitative estimate of drug-likeness (QED) is 0.826. The summed E-state index contributed by atoms with van der Waals surface area (Å²) < 4.78 is 11.4. The molecule has 4 heterocycles. The Kier molecular flexibility index (Phi) is 4.73. The topological polar surface area (TPSA) is 64.5 Å². The molecular weight excluding hydrogens is 330 g/mol. The van der Waals surface area contributed by atoms with Gasteiger partial charge in [0.1, 0.15) is 6.10 Å². The first-order valence-corrected chi connectivity index (χ1v) is 9.23. The van der Waals surface area contributed by atoms with Gasteiger partial charge in [-0.05, 0) is 31.9 Å². The molecule has 1 amide bonds. The van der Waals surface area contributed by atoms with Gasteiger partial charge in [-0.25, -0.2) is 9.97 Å². The lowest BCUT2D eigenvalue weighted by atomic mass is 9.98. The molecule has 2 bridgehead atoms. The first kappa shape index (κ1) is 16.8. The Hall–Kier alpha value is -2.63. The second kappa shape index (κ2) is 7.32. The van der Waals surface area contributed by atoms with Crippen molar-refractivity contribution in [3.8, 4) is 11.8 Å². The van der Waals surface area contributed by atoms with Crippen LogP contribution in [-0.2, 0) is 0 Å². The molecular formula is C20H23N3O3. The summed E-state index contributed by atoms with van der Waals surface area (Å²) in [4.78, 5) is 23.5. The summed E-state index contributed by atoms with van der Waals surface area (Å²) in [6.07, 6.45) is 7.23. The van der Waals surface area contributed by atoms with E-state index in [1.165, 1.54) is 0 Å². The van der Waals surface area contributed by atoms with E-state index in [1.54, 1.807) is 24.5 Å². The summed E-state index contributed by atoms with van der Waals surface area (Å²) in [7, 11) is 0. The smallest absolute Gasteiger partial charge is 0.255 e. The summed E-state index contributed by atoms with van der Waals surface area (Å²) in [5, 5.41) is 0. The fourth-order valence-corrected chi connectivity index (χ4v) is 4.03. The molecule has 2 saturated heterocycles. The number of ether oxygens (including phenoxy) is 2. The van der Waals surface area contributed by atoms with Gasteiger partial charge < -0.3 is 14.4 Å². The standard InChI is InChI=1S/C20H23N3O3/c1-2-25-18-9-6-14(13-22-18)20(24)23-15-7-8-16(23)12-17(11-15)26-19-5-3-4-10-21-19/h3-6,9-10,13,15-17H,2,7-8,11-12H2,1H3. The van der Waals surface area contributed by atoms with E-state index in [1.807, 2.05) is 30.0 Å². The van der Waals surface area contributed by atoms with E-state index in [4.69, 9.17) is 9.47 Å². The van der Waals surface area contributed by atoms with Crippen LogP contribution in [0.3, 0.4) is 0 Å². The van der Waals surface area contributed by atoms with E-state index >= 15 is 0 Å². The summed E-state index contributed by atoms with van der Waals surface area (Å²) >= 11 is 0. The maximum atomic E-state index is 13.0. The number of hydrogen-bond acceptors (Lipinski definition) is 5. The molecule has 0 N–H and O–H groups in total. The average molecular weight is 353 g/mol. The van der Waals surface area contributed by atoms with Crippen LogP contribution in [0.5, 0.6) is 11.8 Å². The van der Waals surface area contributed by atoms with Crippen LogP contribution >= 0.6 is 0 Å². The van der Waals surface area contributed by atoms with Crippen LogP contribution in [0, 0.1) is 0 Å². The van der Waals surface area contributed by atoms with Gasteiger partial charge in [-0.3, -0.25) is 4.79 Å². The van der Waals surface area contributed by atoms with Crippen molar-refractivity contribution in [1.29, 1.82) is 0 Å². The minimum absolute atomic E-state index is 0.0596. The third kappa shape index (κ3) is 3.36. The average Bonchev–Trinajstić information content (AvgIpc) is 2.93. The molecule has 6 nitrogen and oxygen atoms in total. The molecule has 26 heavy (non-hydrogen) atoms. The molecule has 2 aliphatic rings. The lowest BCUT2D eigenvalue weighted by Gasteiger charge is -2.38. The first-order valence-electron chi connectivity index (χ1n) is 9.23. The van der Waals surface area contributed by atoms with Crippen molar-refractivity contribution in [2.45, 2.75) is 50.8 Å². The van der Waals surface area contributed by atoms with Gasteiger partial charge in [-0.2, -0.15) is 0 Å². The summed E-state index contributed by atoms with van der Waals surface area (Å²) in [5.74, 6) is 1.27. The zero-order valence-corrected chi connectivity index (χ0v) is 14.9. The second-order valence-corrected chi connectivity index (χ2v) is 6.79. The zero-order valence-electron chi connectivity index (χ0n) is 14.9. The summed E-state index contributed by atoms with van der Waals surface area (Å²) in [6, 6.07) is 9.69. The molecule has 136 valence electrons. The van der Waals surface area contributed by atoms with Gasteiger partial charge in [0, 0.05) is 49.5 Å². The van der Waals surface area contributed by atoms with Crippen LogP contribution in [0.15, 0.2) is 42.7 Å². The number of carbonyl (C=O) groups is 1. The highest BCUT2D eigenvalue weighted by molar-refractivity contribution is 5.94. The van der Waals surface area contributed by atoms with Gasteiger partial charge in [-0.15, -0.1) is 0 Å². The minimum Gasteiger partial charge on any atom is -0.478 e. The van der Waals surface area contributed by atoms with Crippen LogP contribution in [0.1, 0.15) is 43.0 Å². The highest BCUT2D eigenvalue weighted by Crippen LogP contribution is 2.38. The van der Waals surface area contributed by atoms with Crippen molar-refractivity contribution in [1.82, 2.24) is 14.9 Å². The molecule has 2 aliphatic heterocycles. The Labute approximate surface area is 153 Å². The third-order valence-corrected chi connectivity index (χ3v) is 5.13. The minimum atomic E-state index is 0.0596. The van der Waals surface area contributed by atoms with Gasteiger partial charge in [-0.1, -0.05) is 6.07 Å². The normalized spacial score (nSPS) is 24.3. The highest BCUT2D eigenvalue weighted by atomic mass is 16.5. The molecule has 4 rings (SSSR count). The van der Waals surface area contributed by atoms with Crippen LogP contribution in [0.2, 0.25) is 0 Å². The molecule has 0 saturated carbocycles. The molecule has 2 aromatic rings. The zero-order chi connectivity index (χ0) is 17.9. The van der Waals surface area contributed by atoms with E-state index in [2.05, 4.69) is 9.97 Å². The number of hydrogen-bond donors (Lipinski definition) is 0. The van der Waals surface area contributed by atoms with Crippen LogP contribution in [0.25, 0.3) is 0 Å². The monoisotopic (exact) mass is 353 g/mol. The number of piperidine rings is 1. The molecule has 6 heteroatoms. The van der Waals surface area contributed by atoms with E-state index < -0.39 is 0 Å². The third-order valence-electron chi connectivity index (χ3n) is 5.13. The molecule has 2 fully saturated rings. The molecule has 0 aliphatic carbocycles. The van der Waals surface area contributed by atoms with Crippen molar-refractivity contribution >= 4 is 5.91 Å². The van der Waals surface area contributed by atoms with E-state index in [0.717, 1.165) is 25.7 Å². The second-order valence-electron chi connectivity index (χ2n) is 6.79. The van der Waals surface area contributed by atoms with Crippen LogP contribution in [0.4, 0.5) is 0 Å². The Morgan fingerprint density at radius 1 is 1.12 bits per heavy atom. The van der Waals surface area contributed by atoms with Crippen molar-refractivity contribution in [3.63, 3.8) is 0 Å². The Morgan fingerprint density at radius 3 is 2.54 bits per heavy atom. The molecule has 0 spiro atoms. The molecule has 0 radical (unpaired) electrons. The fraction of sp³-hybridized carbons (Fsp3) is 0.450. The predicted molar refractivity (Wildman–Crippen MR) is 96.3 cm³/mol. The number of amides is 1. The van der Waals surface area contributed by atoms with E-state index in [0.29, 0.717) is 23.9 Å². The number of nitrogens with zero attached hydrogens (tertiary/aromatic N) is 3. The number of pyridine rings is 2. The van der Waals surface area contributed by atoms with Crippen molar-refractivity contribution in [2.24, 2.45) is 0 Å². The lowest BCUT2D eigenvalue weighted by molar-refractivity contribution is 0.0347. The SMILES string of the molecule is CCOc1ccc(C(=O)N2C3CCC2CC(Oc2ccccn2)C3)cn1. The number of carbonyl (C=O) groups excluding carboxylic acids is 1. The largest absolute Gasteiger partial charge is 0.478 e. The molecule has 2 aromatic heterocycles. The molecule has 0 aromatic carbocycles. The van der Waals surface area contributed by atoms with Crippen LogP contribution < -0.4 is 9.47 Å². The maximum Gasteiger partial charge on any atom is 0.255 e. The number of aromatic nitrogens is 2. The van der Waals surface area contributed by atoms with E-state index in [9.17, 15) is 4.79 Å². The Bertz CT molecular complexity index is 737. The van der Waals surface area contributed by atoms with Crippen molar-refractivity contribution in [2.75, 3.05) is 6.61 Å². The molecule has 2 atom stereocenters. The molecule has 2 unspecified atom stereocenters. The van der Waals surface area contributed by atoms with Gasteiger partial charge in [0.15, 0.2) is 0 Å². The van der Waals surface area contributed by atoms with Gasteiger partial charge in [0.25, 0.3) is 5.91 Å². The Balaban J connectivity index is 1.43. The van der Waals surface area contributed by atoms with Crippen molar-refractivity contribution < 1.29 is 14.3 Å². The lowest BCUT2D eigenvalue weighted by Crippen LogP contribution is -2.49. The fourth-order valence-electron chi connectivity index (χ4n) is 4.03. The number of fused-ring (bicyclic) bond motifs is 2. The summed E-state index contributed by atoms with van der Waals surface area (Å²) in [5.41, 5.74) is 0.620. The number of rotatable bonds is 5. The van der Waals surface area contributed by atoms with Gasteiger partial charge >= 0.3 is 0 Å². The maximum absolute atomic E-state index is 13.0. The summed E-state index contributed by atoms with van der Waals surface area (Å²) in [6.45, 7) is 2.48. The van der Waals surface area contributed by atoms with E-state index in [-0.39, 0.29) is 24.1 Å². The first-order chi connectivity index (χ1) is 12.7. The van der Waals surface area contributed by atoms with Gasteiger partial charge in [0.2, 0.25) is 11.8 Å². The van der Waals surface area contributed by atoms with Gasteiger partial charge in [0.05, 0.1) is 12.2 Å². The van der Waals surface area contributed by atoms with Crippen LogP contribution in [-0.4, -0.2) is 45.6 Å². The predicted octanol–water partition coefficient (Wildman–Crippen LogP) is 3.09. The van der Waals surface area contributed by atoms with Crippen molar-refractivity contribution in [3.05, 3.63) is 48.3 Å².